The number of aromatic hydroxyl groups is 1. The highest BCUT2D eigenvalue weighted by atomic mass is 32.2. The summed E-state index contributed by atoms with van der Waals surface area (Å²) < 4.78 is 84.1. The average Bonchev–Trinajstić information content (AvgIpc) is 2.86. The SMILES string of the molecule is O=C(c1cc(CS(=O)O)c(O)c(C(F)(F)F)c1)N1CS(=O)(=O)c2ccccc21. The molecule has 1 heterocycles. The summed E-state index contributed by atoms with van der Waals surface area (Å²) in [5.41, 5.74) is -2.68. The number of halogens is 3. The van der Waals surface area contributed by atoms with Gasteiger partial charge in [-0.3, -0.25) is 9.69 Å². The molecule has 12 heteroatoms. The van der Waals surface area contributed by atoms with Crippen LogP contribution in [0.3, 0.4) is 0 Å². The van der Waals surface area contributed by atoms with E-state index in [9.17, 15) is 35.7 Å². The van der Waals surface area contributed by atoms with Crippen LogP contribution in [0.25, 0.3) is 0 Å². The van der Waals surface area contributed by atoms with E-state index in [1.54, 1.807) is 0 Å². The van der Waals surface area contributed by atoms with Gasteiger partial charge in [-0.15, -0.1) is 0 Å². The molecule has 0 bridgehead atoms. The summed E-state index contributed by atoms with van der Waals surface area (Å²) in [4.78, 5) is 13.5. The Morgan fingerprint density at radius 1 is 1.21 bits per heavy atom. The highest BCUT2D eigenvalue weighted by molar-refractivity contribution is 7.92. The highest BCUT2D eigenvalue weighted by Crippen LogP contribution is 2.40. The van der Waals surface area contributed by atoms with E-state index in [0.29, 0.717) is 6.07 Å². The number of hydrogen-bond donors (Lipinski definition) is 2. The van der Waals surface area contributed by atoms with Gasteiger partial charge in [-0.05, 0) is 24.3 Å². The van der Waals surface area contributed by atoms with E-state index in [1.807, 2.05) is 0 Å². The fourth-order valence-corrected chi connectivity index (χ4v) is 4.86. The second kappa shape index (κ2) is 6.87. The molecule has 1 amide bonds. The topological polar surface area (TPSA) is 112 Å². The van der Waals surface area contributed by atoms with Crippen LogP contribution in [0.15, 0.2) is 41.3 Å². The van der Waals surface area contributed by atoms with Crippen LogP contribution in [-0.2, 0) is 32.8 Å². The van der Waals surface area contributed by atoms with Crippen molar-refractivity contribution in [3.63, 3.8) is 0 Å². The molecule has 2 N–H and O–H groups in total. The Kier molecular flexibility index (Phi) is 4.98. The van der Waals surface area contributed by atoms with Crippen molar-refractivity contribution < 1.29 is 40.3 Å². The van der Waals surface area contributed by atoms with Crippen LogP contribution in [0.1, 0.15) is 21.5 Å². The molecule has 1 unspecified atom stereocenters. The zero-order valence-electron chi connectivity index (χ0n) is 13.8. The largest absolute Gasteiger partial charge is 0.507 e. The van der Waals surface area contributed by atoms with Crippen LogP contribution in [-0.4, -0.2) is 34.1 Å². The fourth-order valence-electron chi connectivity index (χ4n) is 2.85. The van der Waals surface area contributed by atoms with Crippen molar-refractivity contribution in [2.24, 2.45) is 0 Å². The number of alkyl halides is 3. The van der Waals surface area contributed by atoms with Crippen molar-refractivity contribution in [2.75, 3.05) is 10.8 Å². The molecule has 1 atom stereocenters. The van der Waals surface area contributed by atoms with Crippen LogP contribution in [0.2, 0.25) is 0 Å². The van der Waals surface area contributed by atoms with Gasteiger partial charge < -0.3 is 9.66 Å². The van der Waals surface area contributed by atoms with Crippen LogP contribution in [0.5, 0.6) is 5.75 Å². The standard InChI is InChI=1S/C16H12F3NO6S2/c17-16(18,19)11-6-9(5-10(14(11)21)7-27(23)24)15(22)20-8-28(25,26)13-4-2-1-3-12(13)20/h1-6,21H,7-8H2,(H,23,24). The van der Waals surface area contributed by atoms with Gasteiger partial charge >= 0.3 is 6.18 Å². The molecule has 0 spiro atoms. The Balaban J connectivity index is 2.14. The van der Waals surface area contributed by atoms with Crippen molar-refractivity contribution in [1.82, 2.24) is 0 Å². The van der Waals surface area contributed by atoms with E-state index in [1.165, 1.54) is 24.3 Å². The summed E-state index contributed by atoms with van der Waals surface area (Å²) in [6, 6.07) is 6.76. The number of hydrogen-bond acceptors (Lipinski definition) is 5. The van der Waals surface area contributed by atoms with Gasteiger partial charge in [0, 0.05) is 11.1 Å². The molecule has 0 aliphatic carbocycles. The Morgan fingerprint density at radius 3 is 2.46 bits per heavy atom. The quantitative estimate of drug-likeness (QED) is 0.717. The monoisotopic (exact) mass is 435 g/mol. The maximum atomic E-state index is 13.2. The van der Waals surface area contributed by atoms with Crippen molar-refractivity contribution in [2.45, 2.75) is 16.8 Å². The molecular formula is C16H12F3NO6S2. The van der Waals surface area contributed by atoms with Gasteiger partial charge in [-0.25, -0.2) is 12.6 Å². The lowest BCUT2D eigenvalue weighted by atomic mass is 10.0. The molecule has 0 radical (unpaired) electrons. The smallest absolute Gasteiger partial charge is 0.419 e. The normalized spacial score (nSPS) is 16.6. The molecule has 0 aromatic heterocycles. The molecule has 0 saturated heterocycles. The van der Waals surface area contributed by atoms with E-state index < -0.39 is 67.1 Å². The maximum absolute atomic E-state index is 13.2. The van der Waals surface area contributed by atoms with E-state index >= 15 is 0 Å². The molecule has 0 saturated carbocycles. The zero-order chi connectivity index (χ0) is 20.9. The van der Waals surface area contributed by atoms with Crippen LogP contribution < -0.4 is 4.90 Å². The molecule has 2 aromatic carbocycles. The van der Waals surface area contributed by atoms with Crippen LogP contribution >= 0.6 is 0 Å². The molecule has 1 aliphatic rings. The third-order valence-corrected chi connectivity index (χ3v) is 6.23. The number of carbonyl (C=O) groups excluding carboxylic acids is 1. The van der Waals surface area contributed by atoms with Gasteiger partial charge in [0.2, 0.25) is 0 Å². The first-order valence-corrected chi connectivity index (χ1v) is 10.5. The lowest BCUT2D eigenvalue weighted by Crippen LogP contribution is -2.30. The number of phenols is 1. The van der Waals surface area contributed by atoms with E-state index in [4.69, 9.17) is 4.55 Å². The molecule has 0 fully saturated rings. The lowest BCUT2D eigenvalue weighted by molar-refractivity contribution is -0.138. The molecule has 3 rings (SSSR count). The fraction of sp³-hybridized carbons (Fsp3) is 0.188. The summed E-state index contributed by atoms with van der Waals surface area (Å²) in [7, 11) is -3.84. The molecular weight excluding hydrogens is 423 g/mol. The van der Waals surface area contributed by atoms with Crippen LogP contribution in [0, 0.1) is 0 Å². The minimum atomic E-state index is -5.04. The van der Waals surface area contributed by atoms with Crippen molar-refractivity contribution >= 4 is 32.5 Å². The van der Waals surface area contributed by atoms with Gasteiger partial charge in [0.1, 0.15) is 11.6 Å². The number of nitrogens with zero attached hydrogens (tertiary/aromatic N) is 1. The minimum absolute atomic E-state index is 0.0152. The van der Waals surface area contributed by atoms with Crippen molar-refractivity contribution in [1.29, 1.82) is 0 Å². The third-order valence-electron chi connectivity index (χ3n) is 4.06. The third kappa shape index (κ3) is 3.62. The number of amides is 1. The first-order chi connectivity index (χ1) is 12.9. The Labute approximate surface area is 159 Å². The summed E-state index contributed by atoms with van der Waals surface area (Å²) in [5.74, 6) is -3.91. The predicted molar refractivity (Wildman–Crippen MR) is 92.9 cm³/mol. The van der Waals surface area contributed by atoms with Gasteiger partial charge in [0.15, 0.2) is 20.9 Å². The molecule has 7 nitrogen and oxygen atoms in total. The Morgan fingerprint density at radius 2 is 1.86 bits per heavy atom. The Bertz CT molecular complexity index is 1100. The van der Waals surface area contributed by atoms with Crippen LogP contribution in [0.4, 0.5) is 18.9 Å². The number of rotatable bonds is 3. The molecule has 28 heavy (non-hydrogen) atoms. The maximum Gasteiger partial charge on any atom is 0.419 e. The van der Waals surface area contributed by atoms with E-state index in [0.717, 1.165) is 11.0 Å². The Hall–Kier alpha value is -2.44. The minimum Gasteiger partial charge on any atom is -0.507 e. The molecule has 1 aliphatic heterocycles. The summed E-state index contributed by atoms with van der Waals surface area (Å²) in [5, 5.41) is 9.80. The summed E-state index contributed by atoms with van der Waals surface area (Å²) in [6.07, 6.45) is -5.04. The summed E-state index contributed by atoms with van der Waals surface area (Å²) in [6.45, 7) is 0. The van der Waals surface area contributed by atoms with Gasteiger partial charge in [-0.1, -0.05) is 12.1 Å². The van der Waals surface area contributed by atoms with Gasteiger partial charge in [0.25, 0.3) is 5.91 Å². The number of para-hydroxylation sites is 1. The number of sulfone groups is 1. The number of benzene rings is 2. The number of fused-ring (bicyclic) bond motifs is 1. The van der Waals surface area contributed by atoms with E-state index in [2.05, 4.69) is 0 Å². The average molecular weight is 435 g/mol. The van der Waals surface area contributed by atoms with Gasteiger partial charge in [-0.2, -0.15) is 13.2 Å². The highest BCUT2D eigenvalue weighted by Gasteiger charge is 2.39. The predicted octanol–water partition coefficient (Wildman–Crippen LogP) is 2.52. The van der Waals surface area contributed by atoms with Crippen molar-refractivity contribution in [3.8, 4) is 5.75 Å². The zero-order valence-corrected chi connectivity index (χ0v) is 15.4. The summed E-state index contributed by atoms with van der Waals surface area (Å²) >= 11 is -2.58. The van der Waals surface area contributed by atoms with E-state index in [-0.39, 0.29) is 10.6 Å². The van der Waals surface area contributed by atoms with Gasteiger partial charge in [0.05, 0.1) is 21.9 Å². The number of carbonyl (C=O) groups is 1. The second-order valence-corrected chi connectivity index (χ2v) is 8.80. The first-order valence-electron chi connectivity index (χ1n) is 7.56. The second-order valence-electron chi connectivity index (χ2n) is 5.94. The first kappa shape index (κ1) is 20.3. The van der Waals surface area contributed by atoms with Crippen molar-refractivity contribution in [3.05, 3.63) is 53.1 Å². The number of phenolic OH excluding ortho intramolecular Hbond substituents is 1. The molecule has 150 valence electrons. The molecule has 2 aromatic rings. The lowest BCUT2D eigenvalue weighted by Gasteiger charge is -2.19. The number of anilines is 1.